The minimum atomic E-state index is -0.472. The molecule has 0 bridgehead atoms. The summed E-state index contributed by atoms with van der Waals surface area (Å²) in [6, 6.07) is -0.472. The quantitative estimate of drug-likeness (QED) is 0.606. The summed E-state index contributed by atoms with van der Waals surface area (Å²) in [6.45, 7) is 2.38. The van der Waals surface area contributed by atoms with Gasteiger partial charge in [-0.05, 0) is 19.8 Å². The van der Waals surface area contributed by atoms with Crippen molar-refractivity contribution in [1.29, 1.82) is 0 Å². The average Bonchev–Trinajstić information content (AvgIpc) is 2.68. The number of hydrogen-bond donors (Lipinski definition) is 3. The van der Waals surface area contributed by atoms with Gasteiger partial charge in [0.1, 0.15) is 11.9 Å². The molecule has 1 aromatic heterocycles. The summed E-state index contributed by atoms with van der Waals surface area (Å²) in [5.41, 5.74) is 0. The van der Waals surface area contributed by atoms with E-state index in [4.69, 9.17) is 0 Å². The lowest BCUT2D eigenvalue weighted by molar-refractivity contribution is -0.124. The molecule has 2 amide bonds. The monoisotopic (exact) mass is 223 g/mol. The summed E-state index contributed by atoms with van der Waals surface area (Å²) in [4.78, 5) is 26.9. The Bertz CT molecular complexity index is 414. The van der Waals surface area contributed by atoms with E-state index in [1.165, 1.54) is 0 Å². The molecule has 7 heteroatoms. The predicted molar refractivity (Wildman–Crippen MR) is 54.6 cm³/mol. The molecule has 0 aliphatic carbocycles. The van der Waals surface area contributed by atoms with Crippen LogP contribution in [0.3, 0.4) is 0 Å². The van der Waals surface area contributed by atoms with Crippen molar-refractivity contribution < 1.29 is 9.59 Å². The van der Waals surface area contributed by atoms with E-state index >= 15 is 0 Å². The van der Waals surface area contributed by atoms with Gasteiger partial charge in [-0.2, -0.15) is 0 Å². The first-order valence-electron chi connectivity index (χ1n) is 5.14. The van der Waals surface area contributed by atoms with Gasteiger partial charge in [-0.1, -0.05) is 0 Å². The van der Waals surface area contributed by atoms with E-state index in [2.05, 4.69) is 25.8 Å². The third kappa shape index (κ3) is 2.18. The Balaban J connectivity index is 1.99. The molecule has 1 aliphatic rings. The molecule has 1 aliphatic heterocycles. The fraction of sp³-hybridized carbons (Fsp3) is 0.556. The number of aromatic amines is 1. The van der Waals surface area contributed by atoms with Crippen molar-refractivity contribution in [3.05, 3.63) is 11.6 Å². The van der Waals surface area contributed by atoms with E-state index in [0.717, 1.165) is 6.42 Å². The number of aromatic nitrogens is 3. The molecular weight excluding hydrogens is 210 g/mol. The molecule has 0 aromatic carbocycles. The number of piperidine rings is 1. The SMILES string of the molecule is Cc1nc(C(=O)NC2CCCNC2=O)n[nH]1. The maximum Gasteiger partial charge on any atom is 0.291 e. The van der Waals surface area contributed by atoms with Crippen molar-refractivity contribution >= 4 is 11.8 Å². The lowest BCUT2D eigenvalue weighted by Crippen LogP contribution is -2.50. The molecular formula is C9H13N5O2. The zero-order chi connectivity index (χ0) is 11.5. The van der Waals surface area contributed by atoms with Crippen molar-refractivity contribution in [2.75, 3.05) is 6.54 Å². The Morgan fingerprint density at radius 2 is 2.38 bits per heavy atom. The van der Waals surface area contributed by atoms with Gasteiger partial charge in [0, 0.05) is 6.54 Å². The predicted octanol–water partition coefficient (Wildman–Crippen LogP) is -0.878. The van der Waals surface area contributed by atoms with E-state index in [9.17, 15) is 9.59 Å². The smallest absolute Gasteiger partial charge is 0.291 e. The number of H-pyrrole nitrogens is 1. The molecule has 16 heavy (non-hydrogen) atoms. The van der Waals surface area contributed by atoms with Gasteiger partial charge in [0.25, 0.3) is 5.91 Å². The summed E-state index contributed by atoms with van der Waals surface area (Å²) in [6.07, 6.45) is 1.52. The maximum atomic E-state index is 11.6. The highest BCUT2D eigenvalue weighted by Crippen LogP contribution is 2.03. The molecule has 1 unspecified atom stereocenters. The molecule has 1 saturated heterocycles. The fourth-order valence-electron chi connectivity index (χ4n) is 1.58. The van der Waals surface area contributed by atoms with Gasteiger partial charge >= 0.3 is 0 Å². The molecule has 0 saturated carbocycles. The minimum Gasteiger partial charge on any atom is -0.354 e. The first-order valence-corrected chi connectivity index (χ1v) is 5.14. The second kappa shape index (κ2) is 4.30. The molecule has 86 valence electrons. The molecule has 0 spiro atoms. The summed E-state index contributed by atoms with van der Waals surface area (Å²) in [7, 11) is 0. The molecule has 7 nitrogen and oxygen atoms in total. The van der Waals surface area contributed by atoms with Gasteiger partial charge < -0.3 is 10.6 Å². The van der Waals surface area contributed by atoms with Gasteiger partial charge in [0.05, 0.1) is 0 Å². The van der Waals surface area contributed by atoms with Crippen molar-refractivity contribution in [1.82, 2.24) is 25.8 Å². The van der Waals surface area contributed by atoms with E-state index in [1.807, 2.05) is 0 Å². The van der Waals surface area contributed by atoms with Crippen LogP contribution in [0.5, 0.6) is 0 Å². The van der Waals surface area contributed by atoms with Crippen LogP contribution >= 0.6 is 0 Å². The molecule has 0 radical (unpaired) electrons. The third-order valence-corrected chi connectivity index (χ3v) is 2.39. The van der Waals surface area contributed by atoms with E-state index in [0.29, 0.717) is 18.8 Å². The number of nitrogens with zero attached hydrogens (tertiary/aromatic N) is 2. The second-order valence-electron chi connectivity index (χ2n) is 3.70. The van der Waals surface area contributed by atoms with E-state index in [1.54, 1.807) is 6.92 Å². The Labute approximate surface area is 92.0 Å². The normalized spacial score (nSPS) is 20.3. The number of carbonyl (C=O) groups is 2. The van der Waals surface area contributed by atoms with Crippen molar-refractivity contribution in [3.8, 4) is 0 Å². The number of nitrogens with one attached hydrogen (secondary N) is 3. The summed E-state index contributed by atoms with van der Waals surface area (Å²) in [5.74, 6) is 0.0624. The van der Waals surface area contributed by atoms with Crippen molar-refractivity contribution in [3.63, 3.8) is 0 Å². The minimum absolute atomic E-state index is 0.0656. The van der Waals surface area contributed by atoms with Crippen LogP contribution < -0.4 is 10.6 Å². The van der Waals surface area contributed by atoms with Gasteiger partial charge in [0.15, 0.2) is 0 Å². The number of hydrogen-bond acceptors (Lipinski definition) is 4. The Kier molecular flexibility index (Phi) is 2.84. The molecule has 1 atom stereocenters. The van der Waals surface area contributed by atoms with Crippen LogP contribution in [0.25, 0.3) is 0 Å². The molecule has 2 rings (SSSR count). The summed E-state index contributed by atoms with van der Waals surface area (Å²) >= 11 is 0. The van der Waals surface area contributed by atoms with Gasteiger partial charge in [0.2, 0.25) is 11.7 Å². The highest BCUT2D eigenvalue weighted by atomic mass is 16.2. The lowest BCUT2D eigenvalue weighted by Gasteiger charge is -2.21. The first-order chi connectivity index (χ1) is 7.66. The Hall–Kier alpha value is -1.92. The van der Waals surface area contributed by atoms with E-state index < -0.39 is 11.9 Å². The number of carbonyl (C=O) groups excluding carboxylic acids is 2. The van der Waals surface area contributed by atoms with Crippen LogP contribution in [0.15, 0.2) is 0 Å². The topological polar surface area (TPSA) is 99.8 Å². The standard InChI is InChI=1S/C9H13N5O2/c1-5-11-7(14-13-5)9(16)12-6-3-2-4-10-8(6)15/h6H,2-4H2,1H3,(H,10,15)(H,12,16)(H,11,13,14). The van der Waals surface area contributed by atoms with Gasteiger partial charge in [-0.15, -0.1) is 5.10 Å². The maximum absolute atomic E-state index is 11.6. The summed E-state index contributed by atoms with van der Waals surface area (Å²) < 4.78 is 0. The van der Waals surface area contributed by atoms with Gasteiger partial charge in [-0.25, -0.2) is 4.98 Å². The number of amides is 2. The Morgan fingerprint density at radius 1 is 1.56 bits per heavy atom. The fourth-order valence-corrected chi connectivity index (χ4v) is 1.58. The molecule has 3 N–H and O–H groups in total. The summed E-state index contributed by atoms with van der Waals surface area (Å²) in [5, 5.41) is 11.6. The number of aryl methyl sites for hydroxylation is 1. The molecule has 1 fully saturated rings. The molecule has 2 heterocycles. The van der Waals surface area contributed by atoms with Crippen molar-refractivity contribution in [2.24, 2.45) is 0 Å². The molecule has 1 aromatic rings. The first kappa shape index (κ1) is 10.6. The van der Waals surface area contributed by atoms with Crippen LogP contribution in [0, 0.1) is 6.92 Å². The largest absolute Gasteiger partial charge is 0.354 e. The highest BCUT2D eigenvalue weighted by molar-refractivity contribution is 5.94. The van der Waals surface area contributed by atoms with Gasteiger partial charge in [-0.3, -0.25) is 14.7 Å². The third-order valence-electron chi connectivity index (χ3n) is 2.39. The zero-order valence-corrected chi connectivity index (χ0v) is 8.91. The Morgan fingerprint density at radius 3 is 3.00 bits per heavy atom. The highest BCUT2D eigenvalue weighted by Gasteiger charge is 2.25. The van der Waals surface area contributed by atoms with Crippen molar-refractivity contribution in [2.45, 2.75) is 25.8 Å². The average molecular weight is 223 g/mol. The van der Waals surface area contributed by atoms with Crippen LogP contribution in [-0.4, -0.2) is 39.6 Å². The van der Waals surface area contributed by atoms with E-state index in [-0.39, 0.29) is 11.7 Å². The van der Waals surface area contributed by atoms with Crippen LogP contribution in [0.2, 0.25) is 0 Å². The van der Waals surface area contributed by atoms with Crippen LogP contribution in [0.4, 0.5) is 0 Å². The second-order valence-corrected chi connectivity index (χ2v) is 3.70. The van der Waals surface area contributed by atoms with Crippen LogP contribution in [-0.2, 0) is 4.79 Å². The van der Waals surface area contributed by atoms with Crippen LogP contribution in [0.1, 0.15) is 29.3 Å². The number of rotatable bonds is 2. The zero-order valence-electron chi connectivity index (χ0n) is 8.91. The lowest BCUT2D eigenvalue weighted by atomic mass is 10.1.